The third-order valence-corrected chi connectivity index (χ3v) is 1.63. The summed E-state index contributed by atoms with van der Waals surface area (Å²) in [5, 5.41) is 20.6. The molecule has 0 bridgehead atoms. The Morgan fingerprint density at radius 3 is 2.60 bits per heavy atom. The van der Waals surface area contributed by atoms with Gasteiger partial charge in [0.25, 0.3) is 0 Å². The summed E-state index contributed by atoms with van der Waals surface area (Å²) in [5.41, 5.74) is 9.21. The molecule has 0 radical (unpaired) electrons. The van der Waals surface area contributed by atoms with Gasteiger partial charge in [-0.1, -0.05) is 29.4 Å². The molecule has 0 aliphatic heterocycles. The molecule has 0 heterocycles. The van der Waals surface area contributed by atoms with Gasteiger partial charge in [0.05, 0.1) is 0 Å². The van der Waals surface area contributed by atoms with Crippen LogP contribution in [-0.2, 0) is 0 Å². The Bertz CT molecular complexity index is 507. The first-order valence-electron chi connectivity index (χ1n) is 3.98. The van der Waals surface area contributed by atoms with E-state index in [1.807, 2.05) is 0 Å². The third kappa shape index (κ3) is 2.60. The van der Waals surface area contributed by atoms with Gasteiger partial charge in [0.2, 0.25) is 0 Å². The van der Waals surface area contributed by atoms with Gasteiger partial charge in [-0.25, -0.2) is 0 Å². The van der Waals surface area contributed by atoms with E-state index in [4.69, 9.17) is 16.1 Å². The summed E-state index contributed by atoms with van der Waals surface area (Å²) >= 11 is 0. The van der Waals surface area contributed by atoms with E-state index in [-0.39, 0.29) is 5.57 Å². The van der Waals surface area contributed by atoms with Gasteiger partial charge in [-0.15, -0.1) is 0 Å². The smallest absolute Gasteiger partial charge is 0.130 e. The number of nitriles is 2. The van der Waals surface area contributed by atoms with Crippen molar-refractivity contribution in [2.45, 2.75) is 0 Å². The number of hydrogen-bond acceptors (Lipinski definition) is 3. The van der Waals surface area contributed by atoms with Crippen molar-refractivity contribution in [3.05, 3.63) is 45.8 Å². The van der Waals surface area contributed by atoms with E-state index < -0.39 is 0 Å². The molecule has 0 unspecified atom stereocenters. The second-order valence-corrected chi connectivity index (χ2v) is 2.53. The van der Waals surface area contributed by atoms with E-state index in [0.717, 1.165) is 0 Å². The molecule has 0 N–H and O–H groups in total. The average Bonchev–Trinajstić information content (AvgIpc) is 2.28. The Kier molecular flexibility index (Phi) is 3.50. The molecule has 0 aliphatic carbocycles. The normalized spacial score (nSPS) is 7.87. The fourth-order valence-electron chi connectivity index (χ4n) is 0.994. The van der Waals surface area contributed by atoms with E-state index in [2.05, 4.69) is 10.0 Å². The van der Waals surface area contributed by atoms with Gasteiger partial charge >= 0.3 is 0 Å². The Morgan fingerprint density at radius 1 is 1.33 bits per heavy atom. The van der Waals surface area contributed by atoms with Crippen LogP contribution in [0.4, 0.5) is 5.69 Å². The molecule has 0 spiro atoms. The summed E-state index contributed by atoms with van der Waals surface area (Å²) in [6.07, 6.45) is 1.38. The lowest BCUT2D eigenvalue weighted by atomic mass is 10.1. The van der Waals surface area contributed by atoms with Crippen LogP contribution >= 0.6 is 0 Å². The maximum absolute atomic E-state index is 8.56. The quantitative estimate of drug-likeness (QED) is 0.313. The van der Waals surface area contributed by atoms with E-state index >= 15 is 0 Å². The van der Waals surface area contributed by atoms with Crippen LogP contribution in [0.15, 0.2) is 35.0 Å². The molecule has 0 aliphatic rings. The highest BCUT2D eigenvalue weighted by Gasteiger charge is 1.98. The maximum Gasteiger partial charge on any atom is 0.130 e. The number of rotatable bonds is 2. The number of hydrogen-bond donors (Lipinski definition) is 0. The second kappa shape index (κ2) is 5.08. The number of allylic oxidation sites excluding steroid dienone is 1. The van der Waals surface area contributed by atoms with Crippen molar-refractivity contribution >= 4 is 11.8 Å². The zero-order valence-electron chi connectivity index (χ0n) is 7.62. The van der Waals surface area contributed by atoms with Crippen molar-refractivity contribution in [2.24, 2.45) is 5.11 Å². The van der Waals surface area contributed by atoms with Crippen molar-refractivity contribution < 1.29 is 0 Å². The van der Waals surface area contributed by atoms with Crippen molar-refractivity contribution in [3.63, 3.8) is 0 Å². The van der Waals surface area contributed by atoms with Crippen LogP contribution in [-0.4, -0.2) is 0 Å². The zero-order chi connectivity index (χ0) is 11.1. The lowest BCUT2D eigenvalue weighted by Gasteiger charge is -1.97. The fourth-order valence-corrected chi connectivity index (χ4v) is 0.994. The molecule has 0 atom stereocenters. The fraction of sp³-hybridized carbons (Fsp3) is 0. The first kappa shape index (κ1) is 10.3. The summed E-state index contributed by atoms with van der Waals surface area (Å²) in [6, 6.07) is 10.2. The van der Waals surface area contributed by atoms with E-state index in [9.17, 15) is 0 Å². The van der Waals surface area contributed by atoms with Crippen LogP contribution in [0.5, 0.6) is 0 Å². The van der Waals surface area contributed by atoms with Crippen LogP contribution in [0.25, 0.3) is 16.5 Å². The lowest BCUT2D eigenvalue weighted by molar-refractivity contribution is 1.44. The molecule has 0 fully saturated rings. The molecular weight excluding hydrogens is 190 g/mol. The summed E-state index contributed by atoms with van der Waals surface area (Å²) in [6.45, 7) is 0. The third-order valence-electron chi connectivity index (χ3n) is 1.63. The number of nitrogens with zero attached hydrogens (tertiary/aromatic N) is 5. The minimum Gasteiger partial charge on any atom is -0.192 e. The van der Waals surface area contributed by atoms with E-state index in [1.165, 1.54) is 6.08 Å². The molecule has 0 amide bonds. The summed E-state index contributed by atoms with van der Waals surface area (Å²) in [7, 11) is 0. The van der Waals surface area contributed by atoms with Gasteiger partial charge in [-0.05, 0) is 17.2 Å². The van der Waals surface area contributed by atoms with Crippen molar-refractivity contribution in [1.82, 2.24) is 0 Å². The Labute approximate surface area is 86.1 Å². The zero-order valence-corrected chi connectivity index (χ0v) is 7.62. The van der Waals surface area contributed by atoms with Gasteiger partial charge in [0.15, 0.2) is 0 Å². The van der Waals surface area contributed by atoms with Gasteiger partial charge in [-0.3, -0.25) is 0 Å². The van der Waals surface area contributed by atoms with E-state index in [0.29, 0.717) is 11.3 Å². The maximum atomic E-state index is 8.56. The summed E-state index contributed by atoms with van der Waals surface area (Å²) in [4.78, 5) is 2.66. The summed E-state index contributed by atoms with van der Waals surface area (Å²) in [5.74, 6) is 0. The highest BCUT2D eigenvalue weighted by atomic mass is 15.1. The van der Waals surface area contributed by atoms with Crippen molar-refractivity contribution in [1.29, 1.82) is 10.5 Å². The molecule has 1 aromatic carbocycles. The van der Waals surface area contributed by atoms with Gasteiger partial charge in [0, 0.05) is 10.6 Å². The predicted molar refractivity (Wildman–Crippen MR) is 54.5 cm³/mol. The second-order valence-electron chi connectivity index (χ2n) is 2.53. The van der Waals surface area contributed by atoms with Crippen LogP contribution in [0.1, 0.15) is 5.56 Å². The molecule has 5 nitrogen and oxygen atoms in total. The van der Waals surface area contributed by atoms with E-state index in [1.54, 1.807) is 36.4 Å². The average molecular weight is 195 g/mol. The van der Waals surface area contributed by atoms with Crippen LogP contribution < -0.4 is 0 Å². The first-order chi connectivity index (χ1) is 7.31. The minimum absolute atomic E-state index is 0.0319. The molecule has 1 aromatic rings. The standard InChI is InChI=1S/C10H5N5/c11-6-8(7-12)5-9-3-1-2-4-10(9)14-15-13/h1-5H. The van der Waals surface area contributed by atoms with Crippen molar-refractivity contribution in [3.8, 4) is 12.1 Å². The van der Waals surface area contributed by atoms with Crippen LogP contribution in [0, 0.1) is 22.7 Å². The number of azide groups is 1. The lowest BCUT2D eigenvalue weighted by Crippen LogP contribution is -1.76. The highest BCUT2D eigenvalue weighted by Crippen LogP contribution is 2.21. The topological polar surface area (TPSA) is 96.3 Å². The molecule has 1 rings (SSSR count). The van der Waals surface area contributed by atoms with Gasteiger partial charge < -0.3 is 0 Å². The molecule has 0 aromatic heterocycles. The predicted octanol–water partition coefficient (Wildman–Crippen LogP) is 3.06. The molecule has 5 heteroatoms. The SMILES string of the molecule is N#CC(C#N)=Cc1ccccc1N=[N+]=[N-]. The Morgan fingerprint density at radius 2 is 2.00 bits per heavy atom. The van der Waals surface area contributed by atoms with Gasteiger partial charge in [0.1, 0.15) is 17.7 Å². The monoisotopic (exact) mass is 195 g/mol. The molecule has 0 saturated carbocycles. The van der Waals surface area contributed by atoms with Crippen molar-refractivity contribution in [2.75, 3.05) is 0 Å². The molecule has 70 valence electrons. The first-order valence-corrected chi connectivity index (χ1v) is 3.98. The molecule has 15 heavy (non-hydrogen) atoms. The molecule has 0 saturated heterocycles. The van der Waals surface area contributed by atoms with Crippen LogP contribution in [0.2, 0.25) is 0 Å². The Hall–Kier alpha value is -2.75. The summed E-state index contributed by atoms with van der Waals surface area (Å²) < 4.78 is 0. The van der Waals surface area contributed by atoms with Crippen LogP contribution in [0.3, 0.4) is 0 Å². The largest absolute Gasteiger partial charge is 0.192 e. The Balaban J connectivity index is 3.28. The molecular formula is C10H5N5. The highest BCUT2D eigenvalue weighted by molar-refractivity contribution is 5.70. The number of benzene rings is 1. The minimum atomic E-state index is -0.0319. The van der Waals surface area contributed by atoms with Gasteiger partial charge in [-0.2, -0.15) is 10.5 Å².